The predicted molar refractivity (Wildman–Crippen MR) is 118 cm³/mol. The number of para-hydroxylation sites is 1. The Labute approximate surface area is 184 Å². The third-order valence-corrected chi connectivity index (χ3v) is 4.77. The predicted octanol–water partition coefficient (Wildman–Crippen LogP) is 1.70. The Morgan fingerprint density at radius 2 is 1.77 bits per heavy atom. The van der Waals surface area contributed by atoms with Gasteiger partial charge in [0.25, 0.3) is 0 Å². The van der Waals surface area contributed by atoms with Gasteiger partial charge in [0.05, 0.1) is 25.9 Å². The molecule has 0 aromatic heterocycles. The van der Waals surface area contributed by atoms with Crippen molar-refractivity contribution >= 4 is 23.6 Å². The number of nitrogens with zero attached hydrogens (tertiary/aromatic N) is 2. The molecule has 172 valence electrons. The summed E-state index contributed by atoms with van der Waals surface area (Å²) in [5, 5.41) is 5.59. The van der Waals surface area contributed by atoms with Crippen molar-refractivity contribution in [2.24, 2.45) is 0 Å². The average Bonchev–Trinajstić information content (AvgIpc) is 2.96. The van der Waals surface area contributed by atoms with Gasteiger partial charge in [0.15, 0.2) is 6.04 Å². The number of benzene rings is 1. The molecule has 0 aliphatic carbocycles. The van der Waals surface area contributed by atoms with Gasteiger partial charge in [0, 0.05) is 31.9 Å². The highest BCUT2D eigenvalue weighted by Gasteiger charge is 2.28. The molecule has 0 bridgehead atoms. The normalized spacial score (nSPS) is 16.2. The van der Waals surface area contributed by atoms with Crippen LogP contribution in [0.5, 0.6) is 0 Å². The molecule has 1 aliphatic rings. The minimum absolute atomic E-state index is 0.0293. The second-order valence-corrected chi connectivity index (χ2v) is 8.48. The highest BCUT2D eigenvalue weighted by molar-refractivity contribution is 5.92. The van der Waals surface area contributed by atoms with E-state index >= 15 is 0 Å². The summed E-state index contributed by atoms with van der Waals surface area (Å²) in [5.74, 6) is -0.638. The Morgan fingerprint density at radius 1 is 1.06 bits per heavy atom. The fraction of sp³-hybridized carbons (Fsp3) is 0.591. The van der Waals surface area contributed by atoms with Crippen molar-refractivity contribution in [1.29, 1.82) is 0 Å². The number of hydrogen-bond donors (Lipinski definition) is 2. The summed E-state index contributed by atoms with van der Waals surface area (Å²) in [6, 6.07) is 8.08. The number of hydrogen-bond acceptors (Lipinski definition) is 6. The van der Waals surface area contributed by atoms with Crippen LogP contribution >= 0.6 is 0 Å². The number of urea groups is 1. The highest BCUT2D eigenvalue weighted by atomic mass is 16.5. The molecule has 31 heavy (non-hydrogen) atoms. The molecule has 9 nitrogen and oxygen atoms in total. The van der Waals surface area contributed by atoms with E-state index in [0.717, 1.165) is 12.1 Å². The van der Waals surface area contributed by atoms with Gasteiger partial charge >= 0.3 is 12.0 Å². The maximum absolute atomic E-state index is 12.7. The molecule has 1 saturated heterocycles. The second kappa shape index (κ2) is 11.7. The lowest BCUT2D eigenvalue weighted by molar-refractivity contribution is -0.146. The zero-order chi connectivity index (χ0) is 22.9. The SMILES string of the molecule is COC(=O)C(COC(C)(C)C)NC(=O)N1CCCN(CC(=O)Nc2ccccc2)CC1. The van der Waals surface area contributed by atoms with E-state index < -0.39 is 17.6 Å². The van der Waals surface area contributed by atoms with E-state index in [0.29, 0.717) is 26.2 Å². The summed E-state index contributed by atoms with van der Waals surface area (Å²) in [5.41, 5.74) is 0.315. The van der Waals surface area contributed by atoms with E-state index in [2.05, 4.69) is 10.6 Å². The van der Waals surface area contributed by atoms with Crippen molar-refractivity contribution in [3.8, 4) is 0 Å². The number of anilines is 1. The minimum Gasteiger partial charge on any atom is -0.467 e. The van der Waals surface area contributed by atoms with Crippen LogP contribution in [0.4, 0.5) is 10.5 Å². The minimum atomic E-state index is -0.882. The monoisotopic (exact) mass is 434 g/mol. The molecule has 3 amide bonds. The third kappa shape index (κ3) is 8.94. The molecule has 0 radical (unpaired) electrons. The zero-order valence-corrected chi connectivity index (χ0v) is 18.8. The summed E-state index contributed by atoms with van der Waals surface area (Å²) in [7, 11) is 1.28. The van der Waals surface area contributed by atoms with E-state index in [-0.39, 0.29) is 25.1 Å². The van der Waals surface area contributed by atoms with E-state index in [1.807, 2.05) is 56.0 Å². The Hall–Kier alpha value is -2.65. The molecule has 2 N–H and O–H groups in total. The number of esters is 1. The highest BCUT2D eigenvalue weighted by Crippen LogP contribution is 2.10. The van der Waals surface area contributed by atoms with Gasteiger partial charge in [-0.2, -0.15) is 0 Å². The number of carbonyl (C=O) groups excluding carboxylic acids is 3. The van der Waals surface area contributed by atoms with Crippen LogP contribution in [0.25, 0.3) is 0 Å². The first-order valence-electron chi connectivity index (χ1n) is 10.5. The van der Waals surface area contributed by atoms with E-state index in [1.165, 1.54) is 7.11 Å². The zero-order valence-electron chi connectivity index (χ0n) is 18.8. The standard InChI is InChI=1S/C22H34N4O5/c1-22(2,3)31-16-18(20(28)30-4)24-21(29)26-12-8-11-25(13-14-26)15-19(27)23-17-9-6-5-7-10-17/h5-7,9-10,18H,8,11-16H2,1-4H3,(H,23,27)(H,24,29). The smallest absolute Gasteiger partial charge is 0.330 e. The fourth-order valence-corrected chi connectivity index (χ4v) is 3.14. The third-order valence-electron chi connectivity index (χ3n) is 4.77. The van der Waals surface area contributed by atoms with Crippen LogP contribution in [0.3, 0.4) is 0 Å². The van der Waals surface area contributed by atoms with Crippen molar-refractivity contribution in [1.82, 2.24) is 15.1 Å². The number of nitrogens with one attached hydrogen (secondary N) is 2. The summed E-state index contributed by atoms with van der Waals surface area (Å²) >= 11 is 0. The molecule has 1 atom stereocenters. The summed E-state index contributed by atoms with van der Waals surface area (Å²) in [6.07, 6.45) is 0.730. The largest absolute Gasteiger partial charge is 0.467 e. The molecule has 2 rings (SSSR count). The van der Waals surface area contributed by atoms with Gasteiger partial charge < -0.3 is 25.0 Å². The maximum Gasteiger partial charge on any atom is 0.330 e. The van der Waals surface area contributed by atoms with Gasteiger partial charge in [-0.1, -0.05) is 18.2 Å². The van der Waals surface area contributed by atoms with Gasteiger partial charge in [0.2, 0.25) is 5.91 Å². The topological polar surface area (TPSA) is 100 Å². The van der Waals surface area contributed by atoms with E-state index in [4.69, 9.17) is 9.47 Å². The number of carbonyl (C=O) groups is 3. The van der Waals surface area contributed by atoms with Crippen molar-refractivity contribution in [2.75, 3.05) is 51.8 Å². The molecule has 1 fully saturated rings. The molecular formula is C22H34N4O5. The average molecular weight is 435 g/mol. The second-order valence-electron chi connectivity index (χ2n) is 8.48. The van der Waals surface area contributed by atoms with Gasteiger partial charge in [-0.05, 0) is 39.3 Å². The Bertz CT molecular complexity index is 735. The van der Waals surface area contributed by atoms with Gasteiger partial charge in [-0.3, -0.25) is 9.69 Å². The molecule has 1 aromatic rings. The van der Waals surface area contributed by atoms with Crippen LogP contribution < -0.4 is 10.6 Å². The summed E-state index contributed by atoms with van der Waals surface area (Å²) in [6.45, 7) is 8.18. The van der Waals surface area contributed by atoms with Crippen LogP contribution in [0, 0.1) is 0 Å². The first-order chi connectivity index (χ1) is 14.7. The van der Waals surface area contributed by atoms with Gasteiger partial charge in [0.1, 0.15) is 0 Å². The summed E-state index contributed by atoms with van der Waals surface area (Å²) in [4.78, 5) is 40.8. The molecule has 0 saturated carbocycles. The molecule has 1 heterocycles. The number of methoxy groups -OCH3 is 1. The molecular weight excluding hydrogens is 400 g/mol. The first kappa shape index (κ1) is 24.6. The quantitative estimate of drug-likeness (QED) is 0.634. The van der Waals surface area contributed by atoms with Crippen molar-refractivity contribution < 1.29 is 23.9 Å². The molecule has 1 aliphatic heterocycles. The van der Waals surface area contributed by atoms with E-state index in [1.54, 1.807) is 4.90 Å². The van der Waals surface area contributed by atoms with Crippen molar-refractivity contribution in [3.05, 3.63) is 30.3 Å². The summed E-state index contributed by atoms with van der Waals surface area (Å²) < 4.78 is 10.4. The molecule has 1 aromatic carbocycles. The number of amides is 3. The van der Waals surface area contributed by atoms with Gasteiger partial charge in [-0.15, -0.1) is 0 Å². The van der Waals surface area contributed by atoms with Crippen LogP contribution in [0.15, 0.2) is 30.3 Å². The van der Waals surface area contributed by atoms with Crippen LogP contribution in [-0.2, 0) is 19.1 Å². The van der Waals surface area contributed by atoms with Crippen molar-refractivity contribution in [3.63, 3.8) is 0 Å². The molecule has 0 spiro atoms. The van der Waals surface area contributed by atoms with Crippen molar-refractivity contribution in [2.45, 2.75) is 38.8 Å². The Kier molecular flexibility index (Phi) is 9.26. The molecule has 1 unspecified atom stereocenters. The van der Waals surface area contributed by atoms with Crippen LogP contribution in [0.1, 0.15) is 27.2 Å². The maximum atomic E-state index is 12.7. The Balaban J connectivity index is 1.85. The lowest BCUT2D eigenvalue weighted by atomic mass is 10.2. The lowest BCUT2D eigenvalue weighted by Gasteiger charge is -2.27. The van der Waals surface area contributed by atoms with E-state index in [9.17, 15) is 14.4 Å². The van der Waals surface area contributed by atoms with Gasteiger partial charge in [-0.25, -0.2) is 9.59 Å². The first-order valence-corrected chi connectivity index (χ1v) is 10.5. The Morgan fingerprint density at radius 3 is 2.42 bits per heavy atom. The van der Waals surface area contributed by atoms with Crippen LogP contribution in [-0.4, -0.2) is 85.8 Å². The fourth-order valence-electron chi connectivity index (χ4n) is 3.14. The lowest BCUT2D eigenvalue weighted by Crippen LogP contribution is -2.51. The number of rotatable bonds is 7. The van der Waals surface area contributed by atoms with Crippen LogP contribution in [0.2, 0.25) is 0 Å². The number of ether oxygens (including phenoxy) is 2. The molecule has 9 heteroatoms.